The van der Waals surface area contributed by atoms with Crippen molar-refractivity contribution in [1.82, 2.24) is 15.1 Å². The van der Waals surface area contributed by atoms with Gasteiger partial charge in [0, 0.05) is 12.2 Å². The van der Waals surface area contributed by atoms with Crippen LogP contribution >= 0.6 is 22.9 Å². The highest BCUT2D eigenvalue weighted by molar-refractivity contribution is 7.18. The topological polar surface area (TPSA) is 55.9 Å². The van der Waals surface area contributed by atoms with Crippen LogP contribution in [0.2, 0.25) is 4.34 Å². The fraction of sp³-hybridized carbons (Fsp3) is 0.520. The number of carbonyl (C=O) groups excluding carboxylic acids is 2. The Balaban J connectivity index is 1.27. The minimum Gasteiger partial charge on any atom is -0.346 e. The van der Waals surface area contributed by atoms with Crippen molar-refractivity contribution in [3.8, 4) is 0 Å². The average molecular weight is 487 g/mol. The third-order valence-electron chi connectivity index (χ3n) is 7.60. The molecule has 2 amide bonds. The van der Waals surface area contributed by atoms with Gasteiger partial charge in [0.05, 0.1) is 21.9 Å². The van der Waals surface area contributed by atoms with E-state index in [9.17, 15) is 9.59 Å². The third-order valence-corrected chi connectivity index (χ3v) is 8.83. The predicted octanol–water partition coefficient (Wildman–Crippen LogP) is 3.95. The molecule has 8 heteroatoms. The molecular weight excluding hydrogens is 456 g/mol. The highest BCUT2D eigenvalue weighted by Crippen LogP contribution is 2.47. The number of hydrogen-bond donors (Lipinski definition) is 1. The molecule has 1 N–H and O–H groups in total. The summed E-state index contributed by atoms with van der Waals surface area (Å²) >= 11 is 7.23. The molecule has 0 bridgehead atoms. The maximum Gasteiger partial charge on any atom is 0.261 e. The largest absolute Gasteiger partial charge is 0.346 e. The molecule has 2 aliphatic heterocycles. The molecule has 0 radical (unpaired) electrons. The first kappa shape index (κ1) is 22.8. The number of hydrogen-bond acceptors (Lipinski definition) is 5. The van der Waals surface area contributed by atoms with E-state index in [1.54, 1.807) is 12.1 Å². The Bertz CT molecular complexity index is 1030. The van der Waals surface area contributed by atoms with E-state index in [1.807, 2.05) is 4.90 Å². The summed E-state index contributed by atoms with van der Waals surface area (Å²) < 4.78 is 0.588. The molecule has 5 rings (SSSR count). The van der Waals surface area contributed by atoms with Crippen molar-refractivity contribution >= 4 is 40.4 Å². The van der Waals surface area contributed by atoms with Crippen molar-refractivity contribution in [3.63, 3.8) is 0 Å². The van der Waals surface area contributed by atoms with E-state index in [-0.39, 0.29) is 29.3 Å². The lowest BCUT2D eigenvalue weighted by atomic mass is 9.62. The molecule has 33 heavy (non-hydrogen) atoms. The fourth-order valence-corrected chi connectivity index (χ4v) is 6.46. The number of nitrogens with one attached hydrogen (secondary N) is 1. The summed E-state index contributed by atoms with van der Waals surface area (Å²) in [7, 11) is 4.26. The van der Waals surface area contributed by atoms with Crippen LogP contribution in [0, 0.1) is 0 Å². The van der Waals surface area contributed by atoms with Gasteiger partial charge in [-0.15, -0.1) is 11.3 Å². The summed E-state index contributed by atoms with van der Waals surface area (Å²) in [5.41, 5.74) is 2.62. The molecule has 1 aliphatic carbocycles. The van der Waals surface area contributed by atoms with Gasteiger partial charge in [0.1, 0.15) is 6.04 Å². The maximum atomic E-state index is 13.4. The number of carbonyl (C=O) groups is 2. The molecular formula is C25H31ClN4O2S. The molecule has 176 valence electrons. The second-order valence-corrected chi connectivity index (χ2v) is 11.6. The van der Waals surface area contributed by atoms with Crippen molar-refractivity contribution in [1.29, 1.82) is 0 Å². The SMILES string of the molecule is CN(C)CCC1(c2ccc(N3CN4CC[C@@H](NC(=O)c5ccc(Cl)s5)[C@H]4C3=O)cc2)CCC1. The molecule has 2 saturated heterocycles. The van der Waals surface area contributed by atoms with E-state index in [0.717, 1.165) is 25.2 Å². The normalized spacial score (nSPS) is 24.2. The van der Waals surface area contributed by atoms with Crippen LogP contribution in [0.4, 0.5) is 5.69 Å². The second kappa shape index (κ2) is 9.02. The van der Waals surface area contributed by atoms with Crippen molar-refractivity contribution in [2.24, 2.45) is 0 Å². The average Bonchev–Trinajstić information content (AvgIpc) is 3.45. The number of benzene rings is 1. The van der Waals surface area contributed by atoms with Gasteiger partial charge in [0.2, 0.25) is 5.91 Å². The van der Waals surface area contributed by atoms with Crippen molar-refractivity contribution in [2.75, 3.05) is 38.8 Å². The van der Waals surface area contributed by atoms with Crippen LogP contribution in [0.1, 0.15) is 47.3 Å². The first-order valence-electron chi connectivity index (χ1n) is 11.7. The van der Waals surface area contributed by atoms with Gasteiger partial charge < -0.3 is 10.2 Å². The van der Waals surface area contributed by atoms with Crippen molar-refractivity contribution in [2.45, 2.75) is 49.6 Å². The van der Waals surface area contributed by atoms with E-state index in [0.29, 0.717) is 15.9 Å². The Morgan fingerprint density at radius 2 is 1.97 bits per heavy atom. The predicted molar refractivity (Wildman–Crippen MR) is 133 cm³/mol. The first-order valence-corrected chi connectivity index (χ1v) is 12.9. The quantitative estimate of drug-likeness (QED) is 0.643. The Morgan fingerprint density at radius 1 is 1.21 bits per heavy atom. The molecule has 1 aromatic heterocycles. The Hall–Kier alpha value is -1.93. The van der Waals surface area contributed by atoms with Gasteiger partial charge in [-0.2, -0.15) is 0 Å². The summed E-state index contributed by atoms with van der Waals surface area (Å²) in [5.74, 6) is -0.0846. The van der Waals surface area contributed by atoms with E-state index in [4.69, 9.17) is 11.6 Å². The van der Waals surface area contributed by atoms with Gasteiger partial charge in [-0.25, -0.2) is 0 Å². The lowest BCUT2D eigenvalue weighted by Crippen LogP contribution is -2.46. The van der Waals surface area contributed by atoms with Crippen LogP contribution in [0.5, 0.6) is 0 Å². The number of amides is 2. The van der Waals surface area contributed by atoms with Crippen LogP contribution in [0.3, 0.4) is 0 Å². The van der Waals surface area contributed by atoms with Crippen LogP contribution in [-0.4, -0.2) is 67.6 Å². The number of halogens is 1. The Labute approximate surface area is 204 Å². The number of fused-ring (bicyclic) bond motifs is 1. The standard InChI is InChI=1S/C25H31ClN4O2S/c1-28(2)15-13-25(11-3-12-25)17-4-6-18(7-5-17)30-16-29-14-10-19(22(29)24(30)32)27-23(31)20-8-9-21(26)33-20/h4-9,19,22H,3,10-16H2,1-2H3,(H,27,31)/t19-,22+/m1/s1. The molecule has 2 atom stereocenters. The zero-order valence-corrected chi connectivity index (χ0v) is 20.8. The van der Waals surface area contributed by atoms with Gasteiger partial charge in [0.15, 0.2) is 0 Å². The van der Waals surface area contributed by atoms with Crippen LogP contribution in [-0.2, 0) is 10.2 Å². The monoisotopic (exact) mass is 486 g/mol. The van der Waals surface area contributed by atoms with Crippen molar-refractivity contribution in [3.05, 3.63) is 51.2 Å². The van der Waals surface area contributed by atoms with Crippen LogP contribution < -0.4 is 10.2 Å². The molecule has 1 saturated carbocycles. The smallest absolute Gasteiger partial charge is 0.261 e. The van der Waals surface area contributed by atoms with Crippen molar-refractivity contribution < 1.29 is 9.59 Å². The minimum atomic E-state index is -0.304. The molecule has 3 heterocycles. The van der Waals surface area contributed by atoms with E-state index < -0.39 is 0 Å². The number of anilines is 1. The fourth-order valence-electron chi connectivity index (χ4n) is 5.51. The number of nitrogens with zero attached hydrogens (tertiary/aromatic N) is 3. The van der Waals surface area contributed by atoms with Gasteiger partial charge in [-0.05, 0) is 81.6 Å². The lowest BCUT2D eigenvalue weighted by Gasteiger charge is -2.43. The zero-order chi connectivity index (χ0) is 23.2. The highest BCUT2D eigenvalue weighted by Gasteiger charge is 2.48. The molecule has 6 nitrogen and oxygen atoms in total. The summed E-state index contributed by atoms with van der Waals surface area (Å²) in [6.07, 6.45) is 5.74. The molecule has 1 aromatic carbocycles. The first-order chi connectivity index (χ1) is 15.9. The molecule has 0 unspecified atom stereocenters. The second-order valence-electron chi connectivity index (χ2n) is 9.87. The number of thiophene rings is 1. The van der Waals surface area contributed by atoms with Gasteiger partial charge in [-0.3, -0.25) is 19.4 Å². The lowest BCUT2D eigenvalue weighted by molar-refractivity contribution is -0.119. The summed E-state index contributed by atoms with van der Waals surface area (Å²) in [4.78, 5) is 32.8. The number of rotatable bonds is 7. The molecule has 3 fully saturated rings. The van der Waals surface area contributed by atoms with Gasteiger partial charge in [0.25, 0.3) is 5.91 Å². The highest BCUT2D eigenvalue weighted by atomic mass is 35.5. The Kier molecular flexibility index (Phi) is 6.25. The molecule has 0 spiro atoms. The van der Waals surface area contributed by atoms with Gasteiger partial charge in [-0.1, -0.05) is 30.2 Å². The third kappa shape index (κ3) is 4.32. The van der Waals surface area contributed by atoms with Crippen LogP contribution in [0.15, 0.2) is 36.4 Å². The van der Waals surface area contributed by atoms with E-state index in [2.05, 4.69) is 53.5 Å². The molecule has 3 aliphatic rings. The van der Waals surface area contributed by atoms with Gasteiger partial charge >= 0.3 is 0 Å². The van der Waals surface area contributed by atoms with Crippen LogP contribution in [0.25, 0.3) is 0 Å². The van der Waals surface area contributed by atoms with E-state index in [1.165, 1.54) is 42.6 Å². The van der Waals surface area contributed by atoms with E-state index >= 15 is 0 Å². The summed E-state index contributed by atoms with van der Waals surface area (Å²) in [6.45, 7) is 2.47. The molecule has 2 aromatic rings. The zero-order valence-electron chi connectivity index (χ0n) is 19.2. The summed E-state index contributed by atoms with van der Waals surface area (Å²) in [5, 5.41) is 3.07. The summed E-state index contributed by atoms with van der Waals surface area (Å²) in [6, 6.07) is 11.6. The maximum absolute atomic E-state index is 13.4. The Morgan fingerprint density at radius 3 is 2.58 bits per heavy atom. The minimum absolute atomic E-state index is 0.0701.